The van der Waals surface area contributed by atoms with Gasteiger partial charge in [0, 0.05) is 42.8 Å². The summed E-state index contributed by atoms with van der Waals surface area (Å²) in [5.41, 5.74) is 1.47. The van der Waals surface area contributed by atoms with E-state index in [2.05, 4.69) is 0 Å². The van der Waals surface area contributed by atoms with Crippen LogP contribution in [0.25, 0.3) is 0 Å². The first-order chi connectivity index (χ1) is 18.2. The summed E-state index contributed by atoms with van der Waals surface area (Å²) in [6.07, 6.45) is 0.477. The van der Waals surface area contributed by atoms with Crippen molar-refractivity contribution in [3.8, 4) is 0 Å². The van der Waals surface area contributed by atoms with Crippen LogP contribution < -0.4 is 0 Å². The third-order valence-corrected chi connectivity index (χ3v) is 7.19. The Kier molecular flexibility index (Phi) is 10.8. The van der Waals surface area contributed by atoms with Crippen molar-refractivity contribution in [2.75, 3.05) is 26.3 Å². The van der Waals surface area contributed by atoms with Gasteiger partial charge in [0.05, 0.1) is 11.5 Å². The zero-order valence-corrected chi connectivity index (χ0v) is 22.8. The van der Waals surface area contributed by atoms with Crippen LogP contribution in [0.5, 0.6) is 0 Å². The van der Waals surface area contributed by atoms with Crippen LogP contribution in [-0.2, 0) is 22.6 Å². The van der Waals surface area contributed by atoms with Gasteiger partial charge in [-0.25, -0.2) is 4.39 Å². The monoisotopic (exact) mass is 561 g/mol. The molecular weight excluding hydrogens is 533 g/mol. The summed E-state index contributed by atoms with van der Waals surface area (Å²) in [5, 5.41) is 13.2. The standard InChI is InChI=1S/C27H29ClFN3O5S/c1-3-37-13-4-12-30(27(34)21-7-10-23(28)24(15-21)32(35)36)18-26(33)31(17-25-19(2)11-14-38-25)16-20-5-8-22(29)9-6-20/h5-11,14-15H,3-4,12-13,16-18H2,1-2H3. The van der Waals surface area contributed by atoms with Crippen LogP contribution >= 0.6 is 22.9 Å². The van der Waals surface area contributed by atoms with Gasteiger partial charge in [0.2, 0.25) is 5.91 Å². The summed E-state index contributed by atoms with van der Waals surface area (Å²) >= 11 is 7.45. The summed E-state index contributed by atoms with van der Waals surface area (Å²) in [5.74, 6) is -1.21. The molecule has 0 fully saturated rings. The molecule has 3 rings (SSSR count). The highest BCUT2D eigenvalue weighted by molar-refractivity contribution is 7.10. The number of nitro benzene ring substituents is 1. The molecule has 38 heavy (non-hydrogen) atoms. The first kappa shape index (κ1) is 29.2. The number of thiophene rings is 1. The van der Waals surface area contributed by atoms with Crippen molar-refractivity contribution < 1.29 is 23.6 Å². The van der Waals surface area contributed by atoms with Crippen LogP contribution in [0.4, 0.5) is 10.1 Å². The van der Waals surface area contributed by atoms with Crippen molar-refractivity contribution in [1.82, 2.24) is 9.80 Å². The van der Waals surface area contributed by atoms with E-state index in [1.807, 2.05) is 25.3 Å². The molecule has 3 aromatic rings. The molecular formula is C27H29ClFN3O5S. The van der Waals surface area contributed by atoms with Gasteiger partial charge >= 0.3 is 0 Å². The van der Waals surface area contributed by atoms with Crippen LogP contribution in [0.2, 0.25) is 5.02 Å². The molecule has 0 radical (unpaired) electrons. The second-order valence-electron chi connectivity index (χ2n) is 8.60. The van der Waals surface area contributed by atoms with E-state index < -0.39 is 10.8 Å². The quantitative estimate of drug-likeness (QED) is 0.148. The van der Waals surface area contributed by atoms with Gasteiger partial charge in [0.25, 0.3) is 11.6 Å². The number of amides is 2. The molecule has 0 unspecified atom stereocenters. The number of nitro groups is 1. The summed E-state index contributed by atoms with van der Waals surface area (Å²) in [6.45, 7) is 5.25. The number of hydrogen-bond acceptors (Lipinski definition) is 6. The van der Waals surface area contributed by atoms with Crippen molar-refractivity contribution in [3.63, 3.8) is 0 Å². The number of aryl methyl sites for hydroxylation is 1. The van der Waals surface area contributed by atoms with Gasteiger partial charge in [-0.15, -0.1) is 11.3 Å². The number of halogens is 2. The lowest BCUT2D eigenvalue weighted by Crippen LogP contribution is -2.43. The molecule has 0 aliphatic carbocycles. The van der Waals surface area contributed by atoms with E-state index in [0.717, 1.165) is 22.1 Å². The third-order valence-electron chi connectivity index (χ3n) is 5.87. The predicted molar refractivity (Wildman–Crippen MR) is 145 cm³/mol. The predicted octanol–water partition coefficient (Wildman–Crippen LogP) is 5.86. The molecule has 8 nitrogen and oxygen atoms in total. The van der Waals surface area contributed by atoms with Crippen molar-refractivity contribution in [2.24, 2.45) is 0 Å². The molecule has 0 atom stereocenters. The Bertz CT molecular complexity index is 1270. The molecule has 0 bridgehead atoms. The lowest BCUT2D eigenvalue weighted by molar-refractivity contribution is -0.384. The lowest BCUT2D eigenvalue weighted by atomic mass is 10.1. The molecule has 2 aromatic carbocycles. The van der Waals surface area contributed by atoms with Crippen molar-refractivity contribution in [2.45, 2.75) is 33.4 Å². The van der Waals surface area contributed by atoms with E-state index in [9.17, 15) is 24.1 Å². The van der Waals surface area contributed by atoms with Gasteiger partial charge in [0.1, 0.15) is 17.4 Å². The Morgan fingerprint density at radius 3 is 2.47 bits per heavy atom. The number of hydrogen-bond donors (Lipinski definition) is 0. The first-order valence-electron chi connectivity index (χ1n) is 12.1. The number of benzene rings is 2. The van der Waals surface area contributed by atoms with E-state index in [1.165, 1.54) is 40.5 Å². The number of nitrogens with zero attached hydrogens (tertiary/aromatic N) is 3. The normalized spacial score (nSPS) is 10.8. The molecule has 0 saturated heterocycles. The Morgan fingerprint density at radius 2 is 1.84 bits per heavy atom. The van der Waals surface area contributed by atoms with E-state index >= 15 is 0 Å². The highest BCUT2D eigenvalue weighted by Crippen LogP contribution is 2.26. The van der Waals surface area contributed by atoms with Gasteiger partial charge in [-0.3, -0.25) is 19.7 Å². The largest absolute Gasteiger partial charge is 0.382 e. The summed E-state index contributed by atoms with van der Waals surface area (Å²) in [7, 11) is 0. The maximum absolute atomic E-state index is 13.6. The Balaban J connectivity index is 1.86. The van der Waals surface area contributed by atoms with Crippen molar-refractivity contribution in [1.29, 1.82) is 0 Å². The van der Waals surface area contributed by atoms with Gasteiger partial charge in [-0.2, -0.15) is 0 Å². The number of carbonyl (C=O) groups is 2. The molecule has 0 aliphatic heterocycles. The van der Waals surface area contributed by atoms with Gasteiger partial charge in [-0.1, -0.05) is 23.7 Å². The van der Waals surface area contributed by atoms with Crippen LogP contribution in [0.15, 0.2) is 53.9 Å². The first-order valence-corrected chi connectivity index (χ1v) is 13.3. The molecule has 1 aromatic heterocycles. The smallest absolute Gasteiger partial charge is 0.288 e. The van der Waals surface area contributed by atoms with Crippen LogP contribution in [-0.4, -0.2) is 52.8 Å². The molecule has 1 heterocycles. The van der Waals surface area contributed by atoms with E-state index in [4.69, 9.17) is 16.3 Å². The van der Waals surface area contributed by atoms with Crippen LogP contribution in [0.1, 0.15) is 39.7 Å². The SMILES string of the molecule is CCOCCCN(CC(=O)N(Cc1ccc(F)cc1)Cc1sccc1C)C(=O)c1ccc(Cl)c([N+](=O)[O-])c1. The number of ether oxygens (including phenoxy) is 1. The second kappa shape index (κ2) is 14.0. The maximum Gasteiger partial charge on any atom is 0.288 e. The molecule has 0 saturated carbocycles. The van der Waals surface area contributed by atoms with E-state index in [0.29, 0.717) is 26.2 Å². The zero-order valence-electron chi connectivity index (χ0n) is 21.2. The number of rotatable bonds is 13. The molecule has 2 amide bonds. The fourth-order valence-electron chi connectivity index (χ4n) is 3.77. The minimum Gasteiger partial charge on any atom is -0.382 e. The minimum absolute atomic E-state index is 0.0597. The third kappa shape index (κ3) is 8.08. The second-order valence-corrected chi connectivity index (χ2v) is 10.0. The van der Waals surface area contributed by atoms with Gasteiger partial charge in [0.15, 0.2) is 0 Å². The Labute approximate surface area is 229 Å². The molecule has 202 valence electrons. The highest BCUT2D eigenvalue weighted by Gasteiger charge is 2.25. The minimum atomic E-state index is -0.655. The average molecular weight is 562 g/mol. The van der Waals surface area contributed by atoms with Crippen molar-refractivity contribution in [3.05, 3.63) is 96.4 Å². The number of carbonyl (C=O) groups excluding carboxylic acids is 2. The van der Waals surface area contributed by atoms with E-state index in [1.54, 1.807) is 17.0 Å². The topological polar surface area (TPSA) is 93.0 Å². The highest BCUT2D eigenvalue weighted by atomic mass is 35.5. The fourth-order valence-corrected chi connectivity index (χ4v) is 4.87. The van der Waals surface area contributed by atoms with Crippen LogP contribution in [0, 0.1) is 22.9 Å². The Hall–Kier alpha value is -3.34. The molecule has 0 N–H and O–H groups in total. The summed E-state index contributed by atoms with van der Waals surface area (Å²) in [4.78, 5) is 41.7. The van der Waals surface area contributed by atoms with Crippen molar-refractivity contribution >= 4 is 40.4 Å². The van der Waals surface area contributed by atoms with Gasteiger partial charge < -0.3 is 14.5 Å². The maximum atomic E-state index is 13.6. The van der Waals surface area contributed by atoms with E-state index in [-0.39, 0.29) is 47.6 Å². The summed E-state index contributed by atoms with van der Waals surface area (Å²) in [6, 6.07) is 11.7. The zero-order chi connectivity index (χ0) is 27.7. The Morgan fingerprint density at radius 1 is 1.11 bits per heavy atom. The van der Waals surface area contributed by atoms with Crippen LogP contribution in [0.3, 0.4) is 0 Å². The summed E-state index contributed by atoms with van der Waals surface area (Å²) < 4.78 is 18.8. The lowest BCUT2D eigenvalue weighted by Gasteiger charge is -2.28. The fraction of sp³-hybridized carbons (Fsp3) is 0.333. The van der Waals surface area contributed by atoms with Gasteiger partial charge in [-0.05, 0) is 67.1 Å². The average Bonchev–Trinajstić information content (AvgIpc) is 3.30. The molecule has 0 aliphatic rings. The molecule has 11 heteroatoms. The molecule has 0 spiro atoms.